The fourth-order valence-corrected chi connectivity index (χ4v) is 38.0. The van der Waals surface area contributed by atoms with Gasteiger partial charge in [0.25, 0.3) is 0 Å². The third-order valence-electron chi connectivity index (χ3n) is 46.1. The number of hydrogen-bond acceptors (Lipinski definition) is 8. The summed E-state index contributed by atoms with van der Waals surface area (Å²) in [4.78, 5) is 36.7. The zero-order valence-electron chi connectivity index (χ0n) is 99.7. The lowest BCUT2D eigenvalue weighted by Crippen LogP contribution is -2.50. The second kappa shape index (κ2) is 49.8. The Hall–Kier alpha value is -5.31. The van der Waals surface area contributed by atoms with E-state index in [2.05, 4.69) is 225 Å². The van der Waals surface area contributed by atoms with Crippen LogP contribution >= 0.6 is 0 Å². The van der Waals surface area contributed by atoms with Gasteiger partial charge in [-0.2, -0.15) is 0 Å². The van der Waals surface area contributed by atoms with Crippen LogP contribution in [0.3, 0.4) is 0 Å². The number of aromatic hydroxyl groups is 3. The van der Waals surface area contributed by atoms with Crippen molar-refractivity contribution >= 4 is 17.3 Å². The van der Waals surface area contributed by atoms with Crippen LogP contribution in [0.1, 0.15) is 522 Å². The molecule has 0 saturated heterocycles. The number of phenols is 3. The largest absolute Gasteiger partial charge is 0.508 e. The molecule has 33 atom stereocenters. The van der Waals surface area contributed by atoms with E-state index in [0.29, 0.717) is 115 Å². The number of carbonyl (C=O) groups excluding carboxylic acids is 3. The van der Waals surface area contributed by atoms with E-state index in [-0.39, 0.29) is 34.4 Å². The fraction of sp³-hybridized carbons (Fsp3) is 0.777. The monoisotopic (exact) mass is 2020 g/mol. The number of aliphatic hydroxyl groups is 2. The van der Waals surface area contributed by atoms with Crippen LogP contribution in [0.5, 0.6) is 17.2 Å². The molecular weight excluding hydrogens is 1800 g/mol. The summed E-state index contributed by atoms with van der Waals surface area (Å²) in [5.74, 6) is 20.5. The van der Waals surface area contributed by atoms with Gasteiger partial charge in [0, 0.05) is 24.2 Å². The number of fused-ring (bicyclic) bond motifs is 28. The van der Waals surface area contributed by atoms with Crippen molar-refractivity contribution in [3.8, 4) is 17.2 Å². The molecule has 824 valence electrons. The lowest BCUT2D eigenvalue weighted by Gasteiger charge is -2.58. The zero-order chi connectivity index (χ0) is 107. The number of ketones is 3. The molecule has 0 heterocycles. The number of benzene rings is 3. The van der Waals surface area contributed by atoms with Crippen LogP contribution in [0, 0.1) is 168 Å². The normalized spacial score (nSPS) is 40.8. The Labute approximate surface area is 901 Å². The second-order valence-corrected chi connectivity index (χ2v) is 55.6. The lowest BCUT2D eigenvalue weighted by atomic mass is 9.47. The van der Waals surface area contributed by atoms with Crippen molar-refractivity contribution in [2.24, 2.45) is 168 Å². The van der Waals surface area contributed by atoms with Gasteiger partial charge in [-0.25, -0.2) is 0 Å². The van der Waals surface area contributed by atoms with Crippen LogP contribution in [-0.4, -0.2) is 55.1 Å². The number of rotatable bonds is 2. The average Bonchev–Trinajstić information content (AvgIpc) is 1.55. The number of carbonyl (C=O) groups is 3. The first-order valence-corrected chi connectivity index (χ1v) is 62.8. The first-order chi connectivity index (χ1) is 69.8. The molecule has 13 saturated carbocycles. The van der Waals surface area contributed by atoms with E-state index in [4.69, 9.17) is 0 Å². The molecule has 0 spiro atoms. The van der Waals surface area contributed by atoms with Crippen LogP contribution in [0.2, 0.25) is 0 Å². The highest BCUT2D eigenvalue weighted by atomic mass is 16.3. The Morgan fingerprint density at radius 2 is 0.844 bits per heavy atom. The predicted octanol–water partition coefficient (Wildman–Crippen LogP) is 37.8. The van der Waals surface area contributed by atoms with Crippen molar-refractivity contribution < 1.29 is 39.9 Å². The van der Waals surface area contributed by atoms with E-state index >= 15 is 0 Å². The SMILES string of the molecule is CC(C)C(=O)[C@@]1(C)CC[C@H]2[C@@H]3CCC4=CC(=O)CCC4=C3CC[C@@]21C.CCC.CCC.CCC.CCC.CCC.CCC.C[C@@H]1CC2=CCCCC2=C2[C@@H]1[C@@H]1CC[C@H](C)[C@@]1(C)C[C@@H]2C.C[C@@H]1C[C@H]2[C@@H]3CCc4cc(O)ccc4[C@H]3CC[C@]2(C)[C@H]1O.C[C@H]1CC[C@H]2[C@@H]3CCC4=CC(=O)CC[C@]4(C)[C@H]3CC[C@]12C.C[C@H]1CC[C@H]2[C@@H]3CCc4cc(O)ccc4[C@H]3CC[C@]12C.C[C@H]1[C@H](O)C[C@H]2[C@@H]3CCc4cc(O)ccc4[C@H]3CC[C@]12C. The van der Waals surface area contributed by atoms with Crippen molar-refractivity contribution in [2.45, 2.75) is 520 Å². The summed E-state index contributed by atoms with van der Waals surface area (Å²) < 4.78 is 0. The molecule has 0 aromatic heterocycles. The summed E-state index contributed by atoms with van der Waals surface area (Å²) in [6.07, 6.45) is 62.1. The number of Topliss-reactive ketones (excluding diaryl/α,β-unsaturated/α-hetero) is 1. The summed E-state index contributed by atoms with van der Waals surface area (Å²) >= 11 is 0. The molecule has 0 radical (unpaired) electrons. The van der Waals surface area contributed by atoms with Gasteiger partial charge >= 0.3 is 0 Å². The van der Waals surface area contributed by atoms with E-state index in [1.54, 1.807) is 16.7 Å². The second-order valence-electron chi connectivity index (χ2n) is 55.6. The Morgan fingerprint density at radius 3 is 1.37 bits per heavy atom. The van der Waals surface area contributed by atoms with Gasteiger partial charge in [-0.3, -0.25) is 14.4 Å². The highest BCUT2D eigenvalue weighted by Crippen LogP contribution is 2.73. The van der Waals surface area contributed by atoms with Crippen LogP contribution in [-0.2, 0) is 33.6 Å². The minimum absolute atomic E-state index is 0.111. The van der Waals surface area contributed by atoms with Gasteiger partial charge in [-0.05, 0) is 516 Å². The van der Waals surface area contributed by atoms with Gasteiger partial charge in [0.15, 0.2) is 11.6 Å². The molecule has 21 aliphatic carbocycles. The topological polar surface area (TPSA) is 152 Å². The maximum absolute atomic E-state index is 13.1. The Kier molecular flexibility index (Phi) is 40.3. The van der Waals surface area contributed by atoms with Gasteiger partial charge in [-0.15, -0.1) is 0 Å². The third-order valence-corrected chi connectivity index (χ3v) is 46.1. The molecule has 3 aromatic carbocycles. The summed E-state index contributed by atoms with van der Waals surface area (Å²) in [6.45, 7) is 66.4. The molecule has 3 aromatic rings. The molecule has 147 heavy (non-hydrogen) atoms. The van der Waals surface area contributed by atoms with Gasteiger partial charge in [-0.1, -0.05) is 280 Å². The zero-order valence-corrected chi connectivity index (χ0v) is 99.7. The number of aliphatic hydroxyl groups excluding tert-OH is 2. The summed E-state index contributed by atoms with van der Waals surface area (Å²) in [5.41, 5.74) is 22.8. The van der Waals surface area contributed by atoms with Crippen LogP contribution < -0.4 is 0 Å². The standard InChI is InChI=1S/C23H32O2.C21H32.C20H30O.2C19H26O2.C19H26O.6C3H8/c1-14(2)21(25)23(4)12-10-20-19-7-5-15-13-16(24)6-8-17(15)18(19)9-11-22(20,23)3;1-13-11-16-7-5-6-8-17(16)19-14(2)12-21(4)15(3)9-10-18(21)20(13)19;1-13-4-7-17-16-6-5-14-12-15(21)8-10-20(14,3)18(16)9-11-19(13,17)2;1-11-18(21)10-17-16-5-3-12-9-13(20)4-6-14(12)15(16)7-8-19(11,17)2;1-11-9-17-16-5-3-12-10-13(20)4-6-14(12)15(16)7-8-19(17,2)18(11)21;1-12-3-8-18-17-6-4-13-11-14(20)5-7-15(13)16(17)9-10-19(12,18)2;6*1-3-2/h13-14,19-20H,5-12H2,1-4H3;7,13-15,18,20H,5-6,8-12H2,1-4H3;12-13,16-18H,4-11H2,1-3H3;4,6,9,11,15-18,20-21H,3,5,7-8,10H2,1-2H3;4,6,10-11,15-18,20-21H,3,5,7-9H2,1-2H3;5,7,11-12,16-18,20H,3-4,6,8-10H2,1-2H3;6*3H2,1-2H3/t19-,20+,22+,23-;13-,14+,15+,18+,20+,21-;13-,16-,17-,18-,19+,20-;11-,15+,16+,17-,18+,19+;11-,15-,16-,17+,18+,19+;12-,16+,17+,18-,19+;;;;;;/m110010....../s1. The summed E-state index contributed by atoms with van der Waals surface area (Å²) in [6, 6.07) is 18.0. The maximum atomic E-state index is 13.1. The first-order valence-electron chi connectivity index (χ1n) is 62.8. The van der Waals surface area contributed by atoms with E-state index in [9.17, 15) is 39.9 Å². The number of hydrogen-bond donors (Lipinski definition) is 5. The lowest BCUT2D eigenvalue weighted by molar-refractivity contribution is -0.139. The predicted molar refractivity (Wildman–Crippen MR) is 620 cm³/mol. The Morgan fingerprint density at radius 1 is 0.388 bits per heavy atom. The van der Waals surface area contributed by atoms with Gasteiger partial charge in [0.1, 0.15) is 23.0 Å². The molecule has 0 unspecified atom stereocenters. The third kappa shape index (κ3) is 23.2. The van der Waals surface area contributed by atoms with E-state index < -0.39 is 0 Å². The van der Waals surface area contributed by atoms with Gasteiger partial charge < -0.3 is 25.5 Å². The minimum Gasteiger partial charge on any atom is -0.508 e. The summed E-state index contributed by atoms with van der Waals surface area (Å²) in [5, 5.41) is 50.2. The van der Waals surface area contributed by atoms with E-state index in [0.717, 1.165) is 159 Å². The van der Waals surface area contributed by atoms with Crippen molar-refractivity contribution in [3.63, 3.8) is 0 Å². The number of aryl methyl sites for hydroxylation is 3. The average molecular weight is 2020 g/mol. The molecule has 24 rings (SSSR count). The minimum atomic E-state index is -0.152. The molecule has 8 nitrogen and oxygen atoms in total. The van der Waals surface area contributed by atoms with Crippen LogP contribution in [0.25, 0.3) is 0 Å². The van der Waals surface area contributed by atoms with E-state index in [1.807, 2.05) is 59.7 Å². The Balaban J connectivity index is 0.000000143. The van der Waals surface area contributed by atoms with Crippen LogP contribution in [0.4, 0.5) is 0 Å². The van der Waals surface area contributed by atoms with Gasteiger partial charge in [0.2, 0.25) is 0 Å². The maximum Gasteiger partial charge on any atom is 0.156 e. The van der Waals surface area contributed by atoms with Crippen molar-refractivity contribution in [1.82, 2.24) is 0 Å². The summed E-state index contributed by atoms with van der Waals surface area (Å²) in [7, 11) is 0. The number of allylic oxidation sites excluding steroid dienone is 9. The molecule has 21 aliphatic rings. The smallest absolute Gasteiger partial charge is 0.156 e. The quantitative estimate of drug-likeness (QED) is 0.170. The van der Waals surface area contributed by atoms with Crippen LogP contribution in [0.15, 0.2) is 112 Å². The highest BCUT2D eigenvalue weighted by molar-refractivity contribution is 5.93. The fourth-order valence-electron chi connectivity index (χ4n) is 38.0. The molecule has 13 fully saturated rings. The molecule has 5 N–H and O–H groups in total. The number of phenolic OH excluding ortho intramolecular Hbond substituents is 3. The van der Waals surface area contributed by atoms with Gasteiger partial charge in [0.05, 0.1) is 12.2 Å². The molecule has 8 heteroatoms. The van der Waals surface area contributed by atoms with Crippen molar-refractivity contribution in [3.05, 3.63) is 145 Å². The highest BCUT2D eigenvalue weighted by Gasteiger charge is 2.65. The molecule has 0 aliphatic heterocycles. The molecule has 0 amide bonds. The van der Waals surface area contributed by atoms with Crippen molar-refractivity contribution in [1.29, 1.82) is 0 Å². The van der Waals surface area contributed by atoms with Crippen molar-refractivity contribution in [2.75, 3.05) is 0 Å². The Bertz CT molecular complexity index is 4940. The molecule has 0 bridgehead atoms. The molecular formula is C139H220O8. The van der Waals surface area contributed by atoms with E-state index in [1.165, 1.54) is 256 Å². The first kappa shape index (κ1) is 119.